The zero-order valence-corrected chi connectivity index (χ0v) is 9.14. The molecule has 0 radical (unpaired) electrons. The number of aromatic nitrogens is 1. The van der Waals surface area contributed by atoms with Gasteiger partial charge in [0.2, 0.25) is 0 Å². The van der Waals surface area contributed by atoms with E-state index in [2.05, 4.69) is 4.98 Å². The van der Waals surface area contributed by atoms with Crippen molar-refractivity contribution >= 4 is 5.97 Å². The van der Waals surface area contributed by atoms with Gasteiger partial charge < -0.3 is 5.11 Å². The van der Waals surface area contributed by atoms with Gasteiger partial charge in [-0.2, -0.15) is 0 Å². The van der Waals surface area contributed by atoms with Crippen LogP contribution in [-0.4, -0.2) is 16.1 Å². The second-order valence-corrected chi connectivity index (χ2v) is 3.69. The monoisotopic (exact) mass is 231 g/mol. The average Bonchev–Trinajstić information content (AvgIpc) is 2.32. The molecule has 1 N–H and O–H groups in total. The molecule has 2 aromatic rings. The van der Waals surface area contributed by atoms with Crippen molar-refractivity contribution in [3.05, 3.63) is 53.6 Å². The number of aryl methyl sites for hydroxylation is 1. The van der Waals surface area contributed by atoms with E-state index >= 15 is 0 Å². The minimum absolute atomic E-state index is 0.0499. The highest BCUT2D eigenvalue weighted by Crippen LogP contribution is 2.24. The van der Waals surface area contributed by atoms with Crippen molar-refractivity contribution in [3.63, 3.8) is 0 Å². The van der Waals surface area contributed by atoms with Gasteiger partial charge in [-0.25, -0.2) is 14.2 Å². The topological polar surface area (TPSA) is 50.2 Å². The van der Waals surface area contributed by atoms with Crippen molar-refractivity contribution in [2.45, 2.75) is 6.92 Å². The Morgan fingerprint density at radius 1 is 1.29 bits per heavy atom. The van der Waals surface area contributed by atoms with E-state index < -0.39 is 5.97 Å². The number of halogens is 1. The predicted octanol–water partition coefficient (Wildman–Crippen LogP) is 2.89. The summed E-state index contributed by atoms with van der Waals surface area (Å²) in [5.41, 5.74) is 2.16. The fourth-order valence-corrected chi connectivity index (χ4v) is 1.62. The highest BCUT2D eigenvalue weighted by atomic mass is 19.1. The molecule has 0 aliphatic rings. The Bertz CT molecular complexity index is 581. The summed E-state index contributed by atoms with van der Waals surface area (Å²) >= 11 is 0. The van der Waals surface area contributed by atoms with E-state index in [9.17, 15) is 9.18 Å². The molecule has 86 valence electrons. The summed E-state index contributed by atoms with van der Waals surface area (Å²) in [4.78, 5) is 14.5. The zero-order valence-electron chi connectivity index (χ0n) is 9.14. The molecule has 0 aliphatic heterocycles. The molecular formula is C13H10FNO2. The summed E-state index contributed by atoms with van der Waals surface area (Å²) in [6.07, 6.45) is 1.41. The van der Waals surface area contributed by atoms with Gasteiger partial charge in [0.25, 0.3) is 0 Å². The Kier molecular flexibility index (Phi) is 2.87. The van der Waals surface area contributed by atoms with E-state index in [4.69, 9.17) is 5.11 Å². The van der Waals surface area contributed by atoms with Gasteiger partial charge in [-0.15, -0.1) is 0 Å². The van der Waals surface area contributed by atoms with Crippen LogP contribution in [0.4, 0.5) is 4.39 Å². The first-order valence-electron chi connectivity index (χ1n) is 5.04. The standard InChI is InChI=1S/C13H10FNO2/c1-8-2-3-10(14)7-11(8)9-4-5-15-12(6-9)13(16)17/h2-7H,1H3,(H,16,17). The van der Waals surface area contributed by atoms with E-state index in [0.29, 0.717) is 11.1 Å². The second-order valence-electron chi connectivity index (χ2n) is 3.69. The highest BCUT2D eigenvalue weighted by molar-refractivity contribution is 5.87. The number of pyridine rings is 1. The van der Waals surface area contributed by atoms with Gasteiger partial charge in [-0.1, -0.05) is 6.07 Å². The molecule has 4 heteroatoms. The number of hydrogen-bond donors (Lipinski definition) is 1. The number of carbonyl (C=O) groups is 1. The van der Waals surface area contributed by atoms with E-state index in [-0.39, 0.29) is 11.5 Å². The molecule has 0 saturated heterocycles. The van der Waals surface area contributed by atoms with Crippen LogP contribution in [0.15, 0.2) is 36.5 Å². The molecule has 0 spiro atoms. The van der Waals surface area contributed by atoms with Gasteiger partial charge in [0, 0.05) is 6.20 Å². The summed E-state index contributed by atoms with van der Waals surface area (Å²) in [6.45, 7) is 1.84. The molecule has 3 nitrogen and oxygen atoms in total. The van der Waals surface area contributed by atoms with Gasteiger partial charge in [0.1, 0.15) is 11.5 Å². The van der Waals surface area contributed by atoms with Crippen molar-refractivity contribution in [2.24, 2.45) is 0 Å². The van der Waals surface area contributed by atoms with Crippen molar-refractivity contribution in [1.29, 1.82) is 0 Å². The number of benzene rings is 1. The molecule has 0 aliphatic carbocycles. The largest absolute Gasteiger partial charge is 0.477 e. The number of carboxylic acid groups (broad SMARTS) is 1. The minimum atomic E-state index is -1.10. The molecule has 1 aromatic carbocycles. The lowest BCUT2D eigenvalue weighted by molar-refractivity contribution is 0.0690. The van der Waals surface area contributed by atoms with Crippen LogP contribution in [0.2, 0.25) is 0 Å². The Morgan fingerprint density at radius 3 is 2.76 bits per heavy atom. The van der Waals surface area contributed by atoms with Crippen molar-refractivity contribution in [2.75, 3.05) is 0 Å². The lowest BCUT2D eigenvalue weighted by Crippen LogP contribution is -1.99. The van der Waals surface area contributed by atoms with Gasteiger partial charge in [0.15, 0.2) is 0 Å². The van der Waals surface area contributed by atoms with Gasteiger partial charge >= 0.3 is 5.97 Å². The third-order valence-electron chi connectivity index (χ3n) is 2.49. The lowest BCUT2D eigenvalue weighted by Gasteiger charge is -2.06. The van der Waals surface area contributed by atoms with Crippen LogP contribution in [0, 0.1) is 12.7 Å². The van der Waals surface area contributed by atoms with E-state index in [1.54, 1.807) is 12.1 Å². The minimum Gasteiger partial charge on any atom is -0.477 e. The summed E-state index contributed by atoms with van der Waals surface area (Å²) in [5.74, 6) is -1.44. The van der Waals surface area contributed by atoms with Crippen LogP contribution in [0.5, 0.6) is 0 Å². The summed E-state index contributed by atoms with van der Waals surface area (Å²) in [7, 11) is 0. The van der Waals surface area contributed by atoms with Crippen molar-refractivity contribution < 1.29 is 14.3 Å². The summed E-state index contributed by atoms with van der Waals surface area (Å²) in [5, 5.41) is 8.84. The van der Waals surface area contributed by atoms with Crippen LogP contribution in [0.1, 0.15) is 16.1 Å². The third kappa shape index (κ3) is 2.30. The quantitative estimate of drug-likeness (QED) is 0.864. The van der Waals surface area contributed by atoms with E-state index in [1.807, 2.05) is 6.92 Å². The Balaban J connectivity index is 2.56. The fraction of sp³-hybridized carbons (Fsp3) is 0.0769. The molecule has 1 heterocycles. The van der Waals surface area contributed by atoms with Crippen LogP contribution < -0.4 is 0 Å². The molecule has 0 atom stereocenters. The second kappa shape index (κ2) is 4.33. The van der Waals surface area contributed by atoms with Gasteiger partial charge in [0.05, 0.1) is 0 Å². The predicted molar refractivity (Wildman–Crippen MR) is 61.3 cm³/mol. The van der Waals surface area contributed by atoms with Crippen LogP contribution in [0.25, 0.3) is 11.1 Å². The third-order valence-corrected chi connectivity index (χ3v) is 2.49. The smallest absolute Gasteiger partial charge is 0.354 e. The molecular weight excluding hydrogens is 221 g/mol. The number of rotatable bonds is 2. The molecule has 0 amide bonds. The molecule has 0 bridgehead atoms. The molecule has 0 saturated carbocycles. The summed E-state index contributed by atoms with van der Waals surface area (Å²) < 4.78 is 13.2. The number of aromatic carboxylic acids is 1. The number of hydrogen-bond acceptors (Lipinski definition) is 2. The highest BCUT2D eigenvalue weighted by Gasteiger charge is 2.08. The molecule has 0 fully saturated rings. The first kappa shape index (κ1) is 11.3. The number of nitrogens with zero attached hydrogens (tertiary/aromatic N) is 1. The van der Waals surface area contributed by atoms with Crippen LogP contribution >= 0.6 is 0 Å². The maximum atomic E-state index is 13.2. The van der Waals surface area contributed by atoms with Crippen molar-refractivity contribution in [3.8, 4) is 11.1 Å². The Morgan fingerprint density at radius 2 is 2.06 bits per heavy atom. The zero-order chi connectivity index (χ0) is 12.4. The molecule has 17 heavy (non-hydrogen) atoms. The van der Waals surface area contributed by atoms with E-state index in [0.717, 1.165) is 5.56 Å². The first-order valence-corrected chi connectivity index (χ1v) is 5.04. The first-order chi connectivity index (χ1) is 8.08. The van der Waals surface area contributed by atoms with Crippen molar-refractivity contribution in [1.82, 2.24) is 4.98 Å². The Labute approximate surface area is 97.6 Å². The average molecular weight is 231 g/mol. The van der Waals surface area contributed by atoms with Gasteiger partial charge in [-0.05, 0) is 47.9 Å². The lowest BCUT2D eigenvalue weighted by atomic mass is 10.0. The Hall–Kier alpha value is -2.23. The SMILES string of the molecule is Cc1ccc(F)cc1-c1ccnc(C(=O)O)c1. The molecule has 0 unspecified atom stereocenters. The fourth-order valence-electron chi connectivity index (χ4n) is 1.62. The molecule has 2 rings (SSSR count). The van der Waals surface area contributed by atoms with Crippen LogP contribution in [0.3, 0.4) is 0 Å². The van der Waals surface area contributed by atoms with Gasteiger partial charge in [-0.3, -0.25) is 0 Å². The maximum absolute atomic E-state index is 13.2. The maximum Gasteiger partial charge on any atom is 0.354 e. The molecule has 1 aromatic heterocycles. The summed E-state index contributed by atoms with van der Waals surface area (Å²) in [6, 6.07) is 7.51. The normalized spacial score (nSPS) is 10.2. The number of carboxylic acids is 1. The van der Waals surface area contributed by atoms with E-state index in [1.165, 1.54) is 24.4 Å². The van der Waals surface area contributed by atoms with Crippen LogP contribution in [-0.2, 0) is 0 Å².